The lowest BCUT2D eigenvalue weighted by Crippen LogP contribution is -2.20. The molecule has 0 amide bonds. The second-order valence-corrected chi connectivity index (χ2v) is 7.27. The van der Waals surface area contributed by atoms with E-state index in [-0.39, 0.29) is 8.07 Å². The van der Waals surface area contributed by atoms with Gasteiger partial charge >= 0.3 is 0 Å². The average molecular weight is 268 g/mol. The Labute approximate surface area is 84.5 Å². The summed E-state index contributed by atoms with van der Waals surface area (Å²) in [7, 11) is 5.80. The molecule has 0 rings (SSSR count). The van der Waals surface area contributed by atoms with E-state index in [1.54, 1.807) is 0 Å². The SMILES string of the molecule is [B]C(C)(I)CCC(C)(C)S. The Balaban J connectivity index is 3.56. The molecule has 3 heteroatoms. The summed E-state index contributed by atoms with van der Waals surface area (Å²) < 4.78 is 0.0452. The molecule has 0 N–H and O–H groups in total. The molecule has 0 aromatic heterocycles. The zero-order valence-corrected chi connectivity index (χ0v) is 9.87. The van der Waals surface area contributed by atoms with Crippen LogP contribution in [-0.4, -0.2) is 15.9 Å². The van der Waals surface area contributed by atoms with Crippen molar-refractivity contribution in [3.63, 3.8) is 0 Å². The highest BCUT2D eigenvalue weighted by atomic mass is 127. The van der Waals surface area contributed by atoms with E-state index in [1.807, 2.05) is 6.92 Å². The first-order valence-corrected chi connectivity index (χ1v) is 4.93. The second-order valence-electron chi connectivity index (χ2n) is 3.59. The highest BCUT2D eigenvalue weighted by Gasteiger charge is 2.18. The highest BCUT2D eigenvalue weighted by molar-refractivity contribution is 14.1. The minimum Gasteiger partial charge on any atom is -0.173 e. The van der Waals surface area contributed by atoms with Gasteiger partial charge in [0.2, 0.25) is 0 Å². The third-order valence-corrected chi connectivity index (χ3v) is 1.99. The summed E-state index contributed by atoms with van der Waals surface area (Å²) in [5, 5.41) is 0. The minimum absolute atomic E-state index is 0.0717. The summed E-state index contributed by atoms with van der Waals surface area (Å²) in [5.74, 6) is 0. The summed E-state index contributed by atoms with van der Waals surface area (Å²) in [4.78, 5) is 0. The number of alkyl halides is 1. The van der Waals surface area contributed by atoms with Crippen LogP contribution in [0.15, 0.2) is 0 Å². The quantitative estimate of drug-likeness (QED) is 0.346. The predicted molar refractivity (Wildman–Crippen MR) is 60.5 cm³/mol. The van der Waals surface area contributed by atoms with Crippen molar-refractivity contribution in [1.29, 1.82) is 0 Å². The maximum absolute atomic E-state index is 5.80. The molecule has 10 heavy (non-hydrogen) atoms. The maximum atomic E-state index is 5.80. The number of rotatable bonds is 3. The zero-order chi connectivity index (χ0) is 8.41. The van der Waals surface area contributed by atoms with Crippen molar-refractivity contribution < 1.29 is 0 Å². The molecule has 1 atom stereocenters. The maximum Gasteiger partial charge on any atom is 0.0886 e. The van der Waals surface area contributed by atoms with Gasteiger partial charge in [0.1, 0.15) is 0 Å². The van der Waals surface area contributed by atoms with E-state index in [4.69, 9.17) is 7.85 Å². The smallest absolute Gasteiger partial charge is 0.0886 e. The lowest BCUT2D eigenvalue weighted by atomic mass is 9.83. The van der Waals surface area contributed by atoms with Gasteiger partial charge in [-0.3, -0.25) is 0 Å². The van der Waals surface area contributed by atoms with Crippen molar-refractivity contribution in [3.8, 4) is 0 Å². The van der Waals surface area contributed by atoms with Crippen LogP contribution in [0.1, 0.15) is 33.6 Å². The van der Waals surface area contributed by atoms with E-state index in [9.17, 15) is 0 Å². The highest BCUT2D eigenvalue weighted by Crippen LogP contribution is 2.27. The molecule has 0 saturated carbocycles. The number of hydrogen-bond acceptors (Lipinski definition) is 1. The summed E-state index contributed by atoms with van der Waals surface area (Å²) >= 11 is 6.67. The second kappa shape index (κ2) is 3.70. The van der Waals surface area contributed by atoms with E-state index in [0.717, 1.165) is 12.8 Å². The van der Waals surface area contributed by atoms with Crippen molar-refractivity contribution in [2.24, 2.45) is 0 Å². The van der Waals surface area contributed by atoms with Crippen LogP contribution in [0.2, 0.25) is 0 Å². The fourth-order valence-electron chi connectivity index (χ4n) is 0.550. The van der Waals surface area contributed by atoms with Gasteiger partial charge in [0.25, 0.3) is 0 Å². The Kier molecular flexibility index (Phi) is 4.12. The van der Waals surface area contributed by atoms with E-state index < -0.39 is 0 Å². The molecular formula is C7H14BIS. The first kappa shape index (κ1) is 11.1. The Morgan fingerprint density at radius 1 is 1.30 bits per heavy atom. The van der Waals surface area contributed by atoms with Gasteiger partial charge in [-0.25, -0.2) is 0 Å². The lowest BCUT2D eigenvalue weighted by Gasteiger charge is -2.23. The summed E-state index contributed by atoms with van der Waals surface area (Å²) in [5.41, 5.74) is 0. The van der Waals surface area contributed by atoms with Gasteiger partial charge in [-0.1, -0.05) is 43.4 Å². The van der Waals surface area contributed by atoms with Crippen LogP contribution in [0.3, 0.4) is 0 Å². The van der Waals surface area contributed by atoms with Crippen molar-refractivity contribution >= 4 is 43.1 Å². The molecule has 58 valence electrons. The molecule has 0 saturated heterocycles. The van der Waals surface area contributed by atoms with Gasteiger partial charge in [-0.2, -0.15) is 12.6 Å². The lowest BCUT2D eigenvalue weighted by molar-refractivity contribution is 0.594. The van der Waals surface area contributed by atoms with Crippen LogP contribution in [0.4, 0.5) is 0 Å². The van der Waals surface area contributed by atoms with Crippen molar-refractivity contribution in [2.75, 3.05) is 0 Å². The molecule has 0 aromatic rings. The topological polar surface area (TPSA) is 0 Å². The van der Waals surface area contributed by atoms with Crippen LogP contribution in [-0.2, 0) is 0 Å². The standard InChI is InChI=1S/C7H14BIS/c1-6(2,10)4-5-7(3,8)9/h10H,4-5H2,1-3H3. The minimum atomic E-state index is -0.0717. The fourth-order valence-corrected chi connectivity index (χ4v) is 0.932. The number of hydrogen-bond donors (Lipinski definition) is 1. The average Bonchev–Trinajstić information content (AvgIpc) is 1.57. The molecule has 0 aliphatic carbocycles. The molecule has 0 aliphatic heterocycles. The molecule has 0 nitrogen and oxygen atoms in total. The van der Waals surface area contributed by atoms with Crippen LogP contribution in [0, 0.1) is 0 Å². The first-order valence-electron chi connectivity index (χ1n) is 3.41. The Hall–Kier alpha value is 1.14. The van der Waals surface area contributed by atoms with Gasteiger partial charge in [0.05, 0.1) is 7.85 Å². The Morgan fingerprint density at radius 3 is 1.80 bits per heavy atom. The van der Waals surface area contributed by atoms with E-state index in [1.165, 1.54) is 0 Å². The van der Waals surface area contributed by atoms with Crippen molar-refractivity contribution in [2.45, 2.75) is 41.7 Å². The van der Waals surface area contributed by atoms with Gasteiger partial charge in [-0.05, 0) is 16.2 Å². The van der Waals surface area contributed by atoms with Crippen molar-refractivity contribution in [3.05, 3.63) is 0 Å². The van der Waals surface area contributed by atoms with Gasteiger partial charge in [0, 0.05) is 4.75 Å². The summed E-state index contributed by atoms with van der Waals surface area (Å²) in [6.07, 6.45) is 2.08. The van der Waals surface area contributed by atoms with Crippen LogP contribution >= 0.6 is 35.2 Å². The van der Waals surface area contributed by atoms with Gasteiger partial charge in [0.15, 0.2) is 0 Å². The van der Waals surface area contributed by atoms with Crippen LogP contribution in [0.5, 0.6) is 0 Å². The van der Waals surface area contributed by atoms with E-state index in [0.29, 0.717) is 0 Å². The van der Waals surface area contributed by atoms with Crippen molar-refractivity contribution in [1.82, 2.24) is 0 Å². The van der Waals surface area contributed by atoms with E-state index in [2.05, 4.69) is 49.1 Å². The molecular weight excluding hydrogens is 254 g/mol. The molecule has 2 radical (unpaired) electrons. The van der Waals surface area contributed by atoms with Gasteiger partial charge in [-0.15, -0.1) is 0 Å². The molecule has 0 bridgehead atoms. The first-order chi connectivity index (χ1) is 4.21. The predicted octanol–water partition coefficient (Wildman–Crippen LogP) is 2.79. The Morgan fingerprint density at radius 2 is 1.70 bits per heavy atom. The number of thiol groups is 1. The fraction of sp³-hybridized carbons (Fsp3) is 1.00. The summed E-state index contributed by atoms with van der Waals surface area (Å²) in [6.45, 7) is 6.25. The van der Waals surface area contributed by atoms with Gasteiger partial charge < -0.3 is 0 Å². The molecule has 0 aliphatic rings. The zero-order valence-electron chi connectivity index (χ0n) is 6.82. The van der Waals surface area contributed by atoms with E-state index >= 15 is 0 Å². The molecule has 0 fully saturated rings. The monoisotopic (exact) mass is 268 g/mol. The van der Waals surface area contributed by atoms with Crippen LogP contribution < -0.4 is 0 Å². The molecule has 0 spiro atoms. The molecule has 1 unspecified atom stereocenters. The largest absolute Gasteiger partial charge is 0.173 e. The summed E-state index contributed by atoms with van der Waals surface area (Å²) in [6, 6.07) is 0. The molecule has 0 aromatic carbocycles. The Bertz CT molecular complexity index is 87.2. The third-order valence-electron chi connectivity index (χ3n) is 1.23. The number of halogens is 1. The van der Waals surface area contributed by atoms with Crippen LogP contribution in [0.25, 0.3) is 0 Å². The third kappa shape index (κ3) is 9.14. The molecule has 0 heterocycles. The normalized spacial score (nSPS) is 18.5.